The van der Waals surface area contributed by atoms with Crippen LogP contribution in [-0.2, 0) is 11.3 Å². The van der Waals surface area contributed by atoms with Crippen molar-refractivity contribution in [2.24, 2.45) is 0 Å². The van der Waals surface area contributed by atoms with E-state index in [4.69, 9.17) is 16.0 Å². The van der Waals surface area contributed by atoms with Gasteiger partial charge in [0, 0.05) is 24.0 Å². The number of amides is 1. The standard InChI is InChI=1S/C15H17ClN2O2/c16-14-11(10-5-1-2-7-13(10)20-14)9-18-12-6-3-4-8-17-15(12)19/h1-2,5,7,12,18H,3-4,6,8-9H2,(H,17,19). The van der Waals surface area contributed by atoms with Crippen LogP contribution in [0.1, 0.15) is 24.8 Å². The Morgan fingerprint density at radius 3 is 3.10 bits per heavy atom. The maximum atomic E-state index is 11.9. The number of halogens is 1. The molecular formula is C15H17ClN2O2. The molecule has 5 heteroatoms. The van der Waals surface area contributed by atoms with Gasteiger partial charge in [-0.05, 0) is 36.9 Å². The van der Waals surface area contributed by atoms with Crippen molar-refractivity contribution in [2.75, 3.05) is 6.54 Å². The van der Waals surface area contributed by atoms with Crippen molar-refractivity contribution in [1.82, 2.24) is 10.6 Å². The number of nitrogens with one attached hydrogen (secondary N) is 2. The van der Waals surface area contributed by atoms with E-state index in [2.05, 4.69) is 10.6 Å². The van der Waals surface area contributed by atoms with E-state index in [1.807, 2.05) is 24.3 Å². The van der Waals surface area contributed by atoms with Gasteiger partial charge in [0.15, 0.2) is 5.22 Å². The Labute approximate surface area is 122 Å². The van der Waals surface area contributed by atoms with Gasteiger partial charge in [-0.3, -0.25) is 4.79 Å². The van der Waals surface area contributed by atoms with E-state index in [1.54, 1.807) is 0 Å². The Balaban J connectivity index is 1.76. The summed E-state index contributed by atoms with van der Waals surface area (Å²) in [5.41, 5.74) is 1.69. The summed E-state index contributed by atoms with van der Waals surface area (Å²) >= 11 is 6.15. The Morgan fingerprint density at radius 2 is 2.20 bits per heavy atom. The number of benzene rings is 1. The molecule has 2 heterocycles. The first-order valence-corrected chi connectivity index (χ1v) is 7.30. The van der Waals surface area contributed by atoms with Crippen molar-refractivity contribution in [3.8, 4) is 0 Å². The summed E-state index contributed by atoms with van der Waals surface area (Å²) in [6, 6.07) is 7.59. The molecule has 1 atom stereocenters. The van der Waals surface area contributed by atoms with Crippen LogP contribution in [0.2, 0.25) is 5.22 Å². The van der Waals surface area contributed by atoms with Gasteiger partial charge in [-0.1, -0.05) is 18.2 Å². The second kappa shape index (κ2) is 5.85. The molecule has 1 aromatic carbocycles. The van der Waals surface area contributed by atoms with Crippen LogP contribution in [0.4, 0.5) is 0 Å². The van der Waals surface area contributed by atoms with Crippen LogP contribution in [0.15, 0.2) is 28.7 Å². The van der Waals surface area contributed by atoms with Gasteiger partial charge >= 0.3 is 0 Å². The Kier molecular flexibility index (Phi) is 3.94. The van der Waals surface area contributed by atoms with Crippen LogP contribution in [0, 0.1) is 0 Å². The van der Waals surface area contributed by atoms with E-state index in [0.717, 1.165) is 42.3 Å². The lowest BCUT2D eigenvalue weighted by Gasteiger charge is -2.14. The lowest BCUT2D eigenvalue weighted by atomic mass is 10.1. The third-order valence-electron chi connectivity index (χ3n) is 3.71. The summed E-state index contributed by atoms with van der Waals surface area (Å²) in [6.45, 7) is 1.31. The normalized spacial score (nSPS) is 19.9. The molecule has 1 aliphatic rings. The molecular weight excluding hydrogens is 276 g/mol. The minimum Gasteiger partial charge on any atom is -0.444 e. The fraction of sp³-hybridized carbons (Fsp3) is 0.400. The molecule has 3 rings (SSSR count). The van der Waals surface area contributed by atoms with Crippen molar-refractivity contribution in [2.45, 2.75) is 31.8 Å². The highest BCUT2D eigenvalue weighted by Crippen LogP contribution is 2.29. The van der Waals surface area contributed by atoms with Gasteiger partial charge < -0.3 is 15.1 Å². The summed E-state index contributed by atoms with van der Waals surface area (Å²) in [5.74, 6) is 0.0754. The lowest BCUT2D eigenvalue weighted by molar-refractivity contribution is -0.122. The quantitative estimate of drug-likeness (QED) is 0.914. The molecule has 1 aliphatic heterocycles. The zero-order chi connectivity index (χ0) is 13.9. The largest absolute Gasteiger partial charge is 0.444 e. The first kappa shape index (κ1) is 13.5. The lowest BCUT2D eigenvalue weighted by Crippen LogP contribution is -2.42. The first-order valence-electron chi connectivity index (χ1n) is 6.92. The van der Waals surface area contributed by atoms with Gasteiger partial charge in [0.05, 0.1) is 6.04 Å². The van der Waals surface area contributed by atoms with Gasteiger partial charge in [-0.25, -0.2) is 0 Å². The molecule has 0 spiro atoms. The Morgan fingerprint density at radius 1 is 1.35 bits per heavy atom. The number of hydrogen-bond acceptors (Lipinski definition) is 3. The number of carbonyl (C=O) groups is 1. The third kappa shape index (κ3) is 2.67. The molecule has 1 aromatic heterocycles. The summed E-state index contributed by atoms with van der Waals surface area (Å²) in [7, 11) is 0. The van der Waals surface area contributed by atoms with Gasteiger partial charge in [0.2, 0.25) is 5.91 Å². The van der Waals surface area contributed by atoms with Gasteiger partial charge in [-0.2, -0.15) is 0 Å². The van der Waals surface area contributed by atoms with E-state index in [0.29, 0.717) is 11.8 Å². The van der Waals surface area contributed by atoms with E-state index < -0.39 is 0 Å². The second-order valence-electron chi connectivity index (χ2n) is 5.07. The van der Waals surface area contributed by atoms with Crippen molar-refractivity contribution >= 4 is 28.5 Å². The summed E-state index contributed by atoms with van der Waals surface area (Å²) < 4.78 is 5.52. The smallest absolute Gasteiger partial charge is 0.237 e. The van der Waals surface area contributed by atoms with Crippen molar-refractivity contribution in [1.29, 1.82) is 0 Å². The van der Waals surface area contributed by atoms with E-state index in [-0.39, 0.29) is 11.9 Å². The zero-order valence-electron chi connectivity index (χ0n) is 11.1. The van der Waals surface area contributed by atoms with Crippen LogP contribution >= 0.6 is 11.6 Å². The molecule has 1 fully saturated rings. The number of fused-ring (bicyclic) bond motifs is 1. The topological polar surface area (TPSA) is 54.3 Å². The molecule has 1 unspecified atom stereocenters. The maximum absolute atomic E-state index is 11.9. The Hall–Kier alpha value is -1.52. The molecule has 1 saturated heterocycles. The van der Waals surface area contributed by atoms with Crippen LogP contribution in [-0.4, -0.2) is 18.5 Å². The molecule has 20 heavy (non-hydrogen) atoms. The highest BCUT2D eigenvalue weighted by Gasteiger charge is 2.21. The van der Waals surface area contributed by atoms with Crippen LogP contribution in [0.5, 0.6) is 0 Å². The Bertz CT molecular complexity index is 623. The van der Waals surface area contributed by atoms with Gasteiger partial charge in [-0.15, -0.1) is 0 Å². The predicted octanol–water partition coefficient (Wildman–Crippen LogP) is 2.84. The summed E-state index contributed by atoms with van der Waals surface area (Å²) in [5, 5.41) is 7.60. The second-order valence-corrected chi connectivity index (χ2v) is 5.41. The number of furan rings is 1. The van der Waals surface area contributed by atoms with Crippen molar-refractivity contribution in [3.05, 3.63) is 35.0 Å². The number of hydrogen-bond donors (Lipinski definition) is 2. The highest BCUT2D eigenvalue weighted by molar-refractivity contribution is 6.30. The van der Waals surface area contributed by atoms with E-state index in [1.165, 1.54) is 0 Å². The highest BCUT2D eigenvalue weighted by atomic mass is 35.5. The average Bonchev–Trinajstić information content (AvgIpc) is 2.62. The predicted molar refractivity (Wildman–Crippen MR) is 78.7 cm³/mol. The van der Waals surface area contributed by atoms with Crippen LogP contribution < -0.4 is 10.6 Å². The van der Waals surface area contributed by atoms with Gasteiger partial charge in [0.25, 0.3) is 0 Å². The average molecular weight is 293 g/mol. The van der Waals surface area contributed by atoms with Crippen LogP contribution in [0.25, 0.3) is 11.0 Å². The molecule has 2 aromatic rings. The fourth-order valence-corrected chi connectivity index (χ4v) is 2.84. The monoisotopic (exact) mass is 292 g/mol. The van der Waals surface area contributed by atoms with E-state index >= 15 is 0 Å². The van der Waals surface area contributed by atoms with Gasteiger partial charge in [0.1, 0.15) is 5.58 Å². The summed E-state index contributed by atoms with van der Waals surface area (Å²) in [4.78, 5) is 11.9. The first-order chi connectivity index (χ1) is 9.75. The molecule has 2 N–H and O–H groups in total. The number of para-hydroxylation sites is 1. The van der Waals surface area contributed by atoms with Crippen molar-refractivity contribution < 1.29 is 9.21 Å². The van der Waals surface area contributed by atoms with Crippen LogP contribution in [0.3, 0.4) is 0 Å². The number of carbonyl (C=O) groups excluding carboxylic acids is 1. The minimum absolute atomic E-state index is 0.0754. The third-order valence-corrected chi connectivity index (χ3v) is 4.01. The molecule has 1 amide bonds. The molecule has 0 bridgehead atoms. The minimum atomic E-state index is -0.151. The molecule has 106 valence electrons. The van der Waals surface area contributed by atoms with Crippen molar-refractivity contribution in [3.63, 3.8) is 0 Å². The summed E-state index contributed by atoms with van der Waals surface area (Å²) in [6.07, 6.45) is 2.95. The molecule has 4 nitrogen and oxygen atoms in total. The number of rotatable bonds is 3. The van der Waals surface area contributed by atoms with E-state index in [9.17, 15) is 4.79 Å². The molecule has 0 radical (unpaired) electrons. The maximum Gasteiger partial charge on any atom is 0.237 e. The zero-order valence-corrected chi connectivity index (χ0v) is 11.9. The SMILES string of the molecule is O=C1NCCCCC1NCc1c(Cl)oc2ccccc12. The molecule has 0 aliphatic carbocycles. The fourth-order valence-electron chi connectivity index (χ4n) is 2.59. The molecule has 0 saturated carbocycles.